The molecule has 1 aromatic heterocycles. The van der Waals surface area contributed by atoms with E-state index in [-0.39, 0.29) is 6.10 Å². The van der Waals surface area contributed by atoms with E-state index in [1.807, 2.05) is 39.1 Å². The van der Waals surface area contributed by atoms with Crippen molar-refractivity contribution in [1.82, 2.24) is 20.2 Å². The highest BCUT2D eigenvalue weighted by Gasteiger charge is 2.20. The molecule has 0 atom stereocenters. The molecule has 0 radical (unpaired) electrons. The number of anilines is 1. The van der Waals surface area contributed by atoms with Gasteiger partial charge in [0.2, 0.25) is 5.95 Å². The number of nitrogens with one attached hydrogen (secondary N) is 1. The number of hydrogen-bond acceptors (Lipinski definition) is 5. The van der Waals surface area contributed by atoms with Gasteiger partial charge in [-0.05, 0) is 44.0 Å². The Balaban J connectivity index is 1.44. The Morgan fingerprint density at radius 1 is 1.11 bits per heavy atom. The molecule has 0 spiro atoms. The zero-order chi connectivity index (χ0) is 19.8. The Kier molecular flexibility index (Phi) is 7.06. The Bertz CT molecular complexity index is 739. The van der Waals surface area contributed by atoms with E-state index in [9.17, 15) is 0 Å². The van der Waals surface area contributed by atoms with Crippen LogP contribution >= 0.6 is 0 Å². The largest absolute Gasteiger partial charge is 0.491 e. The Morgan fingerprint density at radius 3 is 2.39 bits per heavy atom. The Morgan fingerprint density at radius 2 is 1.79 bits per heavy atom. The minimum absolute atomic E-state index is 0.199. The molecule has 1 saturated heterocycles. The smallest absolute Gasteiger partial charge is 0.225 e. The Hall–Kier alpha value is -2.83. The number of ether oxygens (including phenoxy) is 1. The van der Waals surface area contributed by atoms with E-state index in [0.29, 0.717) is 0 Å². The zero-order valence-electron chi connectivity index (χ0n) is 17.0. The summed E-state index contributed by atoms with van der Waals surface area (Å²) in [7, 11) is 1.84. The van der Waals surface area contributed by atoms with Crippen LogP contribution < -0.4 is 15.0 Å². The summed E-state index contributed by atoms with van der Waals surface area (Å²) in [6, 6.07) is 10.2. The fourth-order valence-electron chi connectivity index (χ4n) is 3.23. The van der Waals surface area contributed by atoms with E-state index in [1.165, 1.54) is 5.56 Å². The lowest BCUT2D eigenvalue weighted by Gasteiger charge is -2.36. The molecule has 0 unspecified atom stereocenters. The van der Waals surface area contributed by atoms with Crippen LogP contribution in [0.4, 0.5) is 5.95 Å². The first-order valence-corrected chi connectivity index (χ1v) is 9.89. The molecule has 2 aromatic rings. The van der Waals surface area contributed by atoms with Gasteiger partial charge < -0.3 is 19.9 Å². The molecule has 7 heteroatoms. The highest BCUT2D eigenvalue weighted by Crippen LogP contribution is 2.14. The van der Waals surface area contributed by atoms with Crippen LogP contribution in [0.3, 0.4) is 0 Å². The fourth-order valence-corrected chi connectivity index (χ4v) is 3.23. The van der Waals surface area contributed by atoms with Gasteiger partial charge in [0.25, 0.3) is 0 Å². The molecule has 0 aliphatic carbocycles. The number of benzene rings is 1. The normalized spacial score (nSPS) is 15.1. The van der Waals surface area contributed by atoms with Gasteiger partial charge in [-0.2, -0.15) is 0 Å². The molecule has 7 nitrogen and oxygen atoms in total. The van der Waals surface area contributed by atoms with Gasteiger partial charge in [0, 0.05) is 52.2 Å². The van der Waals surface area contributed by atoms with Crippen LogP contribution in [-0.2, 0) is 6.42 Å². The van der Waals surface area contributed by atoms with Gasteiger partial charge in [-0.15, -0.1) is 0 Å². The molecule has 1 fully saturated rings. The summed E-state index contributed by atoms with van der Waals surface area (Å²) in [6.45, 7) is 8.51. The monoisotopic (exact) mass is 382 g/mol. The van der Waals surface area contributed by atoms with E-state index in [2.05, 4.69) is 42.2 Å². The average molecular weight is 383 g/mol. The average Bonchev–Trinajstić information content (AvgIpc) is 2.73. The van der Waals surface area contributed by atoms with Crippen LogP contribution in [-0.4, -0.2) is 66.7 Å². The summed E-state index contributed by atoms with van der Waals surface area (Å²) in [5, 5.41) is 3.48. The van der Waals surface area contributed by atoms with E-state index in [4.69, 9.17) is 4.74 Å². The van der Waals surface area contributed by atoms with Crippen molar-refractivity contribution in [3.05, 3.63) is 48.3 Å². The van der Waals surface area contributed by atoms with Crippen LogP contribution in [0, 0.1) is 0 Å². The lowest BCUT2D eigenvalue weighted by molar-refractivity contribution is 0.242. The first-order chi connectivity index (χ1) is 13.7. The van der Waals surface area contributed by atoms with Crippen LogP contribution in [0.5, 0.6) is 5.75 Å². The number of aliphatic imine (C=N–C) groups is 1. The van der Waals surface area contributed by atoms with Crippen molar-refractivity contribution < 1.29 is 4.74 Å². The van der Waals surface area contributed by atoms with Crippen molar-refractivity contribution in [2.24, 2.45) is 4.99 Å². The predicted octanol–water partition coefficient (Wildman–Crippen LogP) is 2.20. The van der Waals surface area contributed by atoms with Crippen LogP contribution in [0.25, 0.3) is 0 Å². The SMILES string of the molecule is CN=C(NCCc1ccc(OC(C)C)cc1)N1CCN(c2ncccn2)CC1. The van der Waals surface area contributed by atoms with Gasteiger partial charge in [0.05, 0.1) is 6.10 Å². The molecule has 0 saturated carbocycles. The third kappa shape index (κ3) is 5.58. The summed E-state index contributed by atoms with van der Waals surface area (Å²) >= 11 is 0. The topological polar surface area (TPSA) is 65.9 Å². The molecule has 1 aromatic carbocycles. The minimum Gasteiger partial charge on any atom is -0.491 e. The van der Waals surface area contributed by atoms with Crippen LogP contribution in [0.15, 0.2) is 47.7 Å². The van der Waals surface area contributed by atoms with E-state index in [1.54, 1.807) is 12.4 Å². The van der Waals surface area contributed by atoms with Gasteiger partial charge in [0.1, 0.15) is 5.75 Å². The number of aromatic nitrogens is 2. The van der Waals surface area contributed by atoms with Crippen LogP contribution in [0.1, 0.15) is 19.4 Å². The summed E-state index contributed by atoms with van der Waals surface area (Å²) in [4.78, 5) is 17.6. The standard InChI is InChI=1S/C21H30N6O/c1-17(2)28-19-7-5-18(6-8-19)9-12-25-20(22-3)26-13-15-27(16-14-26)21-23-10-4-11-24-21/h4-8,10-11,17H,9,12-16H2,1-3H3,(H,22,25). The van der Waals surface area contributed by atoms with Crippen LogP contribution in [0.2, 0.25) is 0 Å². The quantitative estimate of drug-likeness (QED) is 0.610. The maximum Gasteiger partial charge on any atom is 0.225 e. The van der Waals surface area contributed by atoms with Gasteiger partial charge >= 0.3 is 0 Å². The van der Waals surface area contributed by atoms with Crippen molar-refractivity contribution in [1.29, 1.82) is 0 Å². The number of hydrogen-bond donors (Lipinski definition) is 1. The van der Waals surface area contributed by atoms with E-state index in [0.717, 1.165) is 56.8 Å². The number of piperazine rings is 1. The van der Waals surface area contributed by atoms with E-state index < -0.39 is 0 Å². The molecule has 1 aliphatic rings. The van der Waals surface area contributed by atoms with Crippen molar-refractivity contribution in [3.8, 4) is 5.75 Å². The van der Waals surface area contributed by atoms with Crippen molar-refractivity contribution in [2.75, 3.05) is 44.7 Å². The molecule has 0 bridgehead atoms. The van der Waals surface area contributed by atoms with Crippen molar-refractivity contribution in [2.45, 2.75) is 26.4 Å². The number of guanidine groups is 1. The second-order valence-electron chi connectivity index (χ2n) is 7.06. The van der Waals surface area contributed by atoms with E-state index >= 15 is 0 Å². The third-order valence-electron chi connectivity index (χ3n) is 4.62. The molecular formula is C21H30N6O. The summed E-state index contributed by atoms with van der Waals surface area (Å²) in [5.41, 5.74) is 1.28. The predicted molar refractivity (Wildman–Crippen MR) is 113 cm³/mol. The molecule has 2 heterocycles. The Labute approximate surface area is 167 Å². The highest BCUT2D eigenvalue weighted by molar-refractivity contribution is 5.80. The molecule has 3 rings (SSSR count). The lowest BCUT2D eigenvalue weighted by Crippen LogP contribution is -2.53. The van der Waals surface area contributed by atoms with Crippen molar-refractivity contribution >= 4 is 11.9 Å². The van der Waals surface area contributed by atoms with Gasteiger partial charge in [-0.3, -0.25) is 4.99 Å². The molecular weight excluding hydrogens is 352 g/mol. The summed E-state index contributed by atoms with van der Waals surface area (Å²) in [6.07, 6.45) is 4.72. The van der Waals surface area contributed by atoms with Crippen molar-refractivity contribution in [3.63, 3.8) is 0 Å². The highest BCUT2D eigenvalue weighted by atomic mass is 16.5. The molecule has 0 amide bonds. The zero-order valence-corrected chi connectivity index (χ0v) is 17.0. The minimum atomic E-state index is 0.199. The second-order valence-corrected chi connectivity index (χ2v) is 7.06. The third-order valence-corrected chi connectivity index (χ3v) is 4.62. The maximum atomic E-state index is 5.69. The lowest BCUT2D eigenvalue weighted by atomic mass is 10.1. The number of rotatable bonds is 6. The maximum absolute atomic E-state index is 5.69. The molecule has 150 valence electrons. The van der Waals surface area contributed by atoms with Gasteiger partial charge in [0.15, 0.2) is 5.96 Å². The first-order valence-electron chi connectivity index (χ1n) is 9.89. The molecule has 28 heavy (non-hydrogen) atoms. The number of nitrogens with zero attached hydrogens (tertiary/aromatic N) is 5. The second kappa shape index (κ2) is 9.92. The van der Waals surface area contributed by atoms with Gasteiger partial charge in [-0.1, -0.05) is 12.1 Å². The molecule has 1 aliphatic heterocycles. The fraction of sp³-hybridized carbons (Fsp3) is 0.476. The summed E-state index contributed by atoms with van der Waals surface area (Å²) < 4.78 is 5.69. The first kappa shape index (κ1) is 19.9. The summed E-state index contributed by atoms with van der Waals surface area (Å²) in [5.74, 6) is 2.67. The molecule has 1 N–H and O–H groups in total. The van der Waals surface area contributed by atoms with Gasteiger partial charge in [-0.25, -0.2) is 9.97 Å².